The Labute approximate surface area is 140 Å². The fourth-order valence-electron chi connectivity index (χ4n) is 1.32. The fourth-order valence-corrected chi connectivity index (χ4v) is 3.64. The number of hydrogen-bond acceptors (Lipinski definition) is 8. The van der Waals surface area contributed by atoms with E-state index in [1.54, 1.807) is 0 Å². The zero-order valence-electron chi connectivity index (χ0n) is 11.6. The predicted molar refractivity (Wildman–Crippen MR) is 88.4 cm³/mol. The summed E-state index contributed by atoms with van der Waals surface area (Å²) >= 11 is 3.90. The summed E-state index contributed by atoms with van der Waals surface area (Å²) in [6.07, 6.45) is 0. The molecule has 0 radical (unpaired) electrons. The highest BCUT2D eigenvalue weighted by atomic mass is 32.2. The van der Waals surface area contributed by atoms with Gasteiger partial charge in [-0.2, -0.15) is 0 Å². The van der Waals surface area contributed by atoms with E-state index in [2.05, 4.69) is 20.3 Å². The molecule has 1 heterocycles. The first-order valence-corrected chi connectivity index (χ1v) is 8.97. The number of carbonyl (C=O) groups is 2. The topological polar surface area (TPSA) is 81.2 Å². The molecule has 1 amide bonds. The lowest BCUT2D eigenvalue weighted by atomic mass is 10.4. The molecule has 0 saturated heterocycles. The maximum Gasteiger partial charge on any atom is 0.316 e. The van der Waals surface area contributed by atoms with Gasteiger partial charge < -0.3 is 4.74 Å². The van der Waals surface area contributed by atoms with Crippen LogP contribution in [0.5, 0.6) is 0 Å². The van der Waals surface area contributed by atoms with Crippen LogP contribution in [0.4, 0.5) is 5.13 Å². The molecule has 1 aromatic heterocycles. The SMILES string of the molecule is COC(=O)CSc1nnc(NC(=O)CSc2ccccc2)s1. The van der Waals surface area contributed by atoms with E-state index in [-0.39, 0.29) is 17.6 Å². The Balaban J connectivity index is 1.77. The van der Waals surface area contributed by atoms with E-state index < -0.39 is 0 Å². The Hall–Kier alpha value is -1.58. The number of methoxy groups -OCH3 is 1. The molecule has 0 unspecified atom stereocenters. The summed E-state index contributed by atoms with van der Waals surface area (Å²) in [5.41, 5.74) is 0. The van der Waals surface area contributed by atoms with Crippen LogP contribution in [-0.2, 0) is 14.3 Å². The summed E-state index contributed by atoms with van der Waals surface area (Å²) in [5.74, 6) is -0.00321. The van der Waals surface area contributed by atoms with Crippen LogP contribution in [0.2, 0.25) is 0 Å². The molecule has 0 saturated carbocycles. The van der Waals surface area contributed by atoms with Crippen molar-refractivity contribution in [2.24, 2.45) is 0 Å². The van der Waals surface area contributed by atoms with Gasteiger partial charge in [-0.1, -0.05) is 41.3 Å². The normalized spacial score (nSPS) is 10.2. The summed E-state index contributed by atoms with van der Waals surface area (Å²) in [7, 11) is 1.33. The molecule has 0 fully saturated rings. The number of carbonyl (C=O) groups excluding carboxylic acids is 2. The molecule has 2 rings (SSSR count). The van der Waals surface area contributed by atoms with Crippen LogP contribution in [0, 0.1) is 0 Å². The van der Waals surface area contributed by atoms with E-state index >= 15 is 0 Å². The number of anilines is 1. The molecule has 6 nitrogen and oxygen atoms in total. The van der Waals surface area contributed by atoms with Crippen molar-refractivity contribution in [3.8, 4) is 0 Å². The standard InChI is InChI=1S/C13H13N3O3S3/c1-19-11(18)8-21-13-16-15-12(22-13)14-10(17)7-20-9-5-3-2-4-6-9/h2-6H,7-8H2,1H3,(H,14,15,17). The van der Waals surface area contributed by atoms with Gasteiger partial charge in [0, 0.05) is 4.90 Å². The maximum atomic E-state index is 11.8. The minimum Gasteiger partial charge on any atom is -0.468 e. The molecule has 0 atom stereocenters. The van der Waals surface area contributed by atoms with Gasteiger partial charge in [0.1, 0.15) is 0 Å². The van der Waals surface area contributed by atoms with Gasteiger partial charge >= 0.3 is 5.97 Å². The van der Waals surface area contributed by atoms with Crippen LogP contribution in [0.1, 0.15) is 0 Å². The second kappa shape index (κ2) is 8.76. The Morgan fingerprint density at radius 2 is 1.95 bits per heavy atom. The average Bonchev–Trinajstić information content (AvgIpc) is 2.99. The molecule has 2 aromatic rings. The molecule has 1 aromatic carbocycles. The number of hydrogen-bond donors (Lipinski definition) is 1. The molecule has 1 N–H and O–H groups in total. The first-order valence-electron chi connectivity index (χ1n) is 6.18. The fraction of sp³-hybridized carbons (Fsp3) is 0.231. The molecule has 0 aliphatic rings. The van der Waals surface area contributed by atoms with Crippen molar-refractivity contribution in [1.29, 1.82) is 0 Å². The van der Waals surface area contributed by atoms with Crippen LogP contribution in [0.15, 0.2) is 39.6 Å². The second-order valence-corrected chi connectivity index (χ2v) is 7.14. The predicted octanol–water partition coefficient (Wildman–Crippen LogP) is 2.53. The number of benzene rings is 1. The highest BCUT2D eigenvalue weighted by molar-refractivity contribution is 8.01. The largest absolute Gasteiger partial charge is 0.468 e. The molecule has 0 bridgehead atoms. The zero-order valence-corrected chi connectivity index (χ0v) is 14.1. The number of esters is 1. The third-order valence-corrected chi connectivity index (χ3v) is 5.26. The van der Waals surface area contributed by atoms with Crippen LogP contribution in [-0.4, -0.2) is 40.7 Å². The minimum absolute atomic E-state index is 0.144. The van der Waals surface area contributed by atoms with E-state index in [4.69, 9.17) is 0 Å². The molecule has 0 aliphatic carbocycles. The van der Waals surface area contributed by atoms with Gasteiger partial charge in [0.25, 0.3) is 0 Å². The maximum absolute atomic E-state index is 11.8. The Bertz CT molecular complexity index is 634. The molecule has 116 valence electrons. The molecular weight excluding hydrogens is 342 g/mol. The van der Waals surface area contributed by atoms with E-state index in [0.717, 1.165) is 4.90 Å². The van der Waals surface area contributed by atoms with Crippen LogP contribution in [0.25, 0.3) is 0 Å². The van der Waals surface area contributed by atoms with Crippen molar-refractivity contribution in [3.05, 3.63) is 30.3 Å². The van der Waals surface area contributed by atoms with Crippen molar-refractivity contribution >= 4 is 51.9 Å². The van der Waals surface area contributed by atoms with Crippen LogP contribution in [0.3, 0.4) is 0 Å². The number of amides is 1. The lowest BCUT2D eigenvalue weighted by Crippen LogP contribution is -2.13. The second-order valence-electron chi connectivity index (χ2n) is 3.89. The number of thioether (sulfide) groups is 2. The minimum atomic E-state index is -0.329. The van der Waals surface area contributed by atoms with Gasteiger partial charge in [-0.25, -0.2) is 0 Å². The van der Waals surface area contributed by atoms with Gasteiger partial charge in [-0.15, -0.1) is 22.0 Å². The van der Waals surface area contributed by atoms with E-state index in [9.17, 15) is 9.59 Å². The zero-order chi connectivity index (χ0) is 15.8. The van der Waals surface area contributed by atoms with E-state index in [1.165, 1.54) is 42.0 Å². The summed E-state index contributed by atoms with van der Waals surface area (Å²) < 4.78 is 5.15. The Morgan fingerprint density at radius 3 is 2.68 bits per heavy atom. The van der Waals surface area contributed by atoms with Crippen LogP contribution < -0.4 is 5.32 Å². The molecule has 0 spiro atoms. The quantitative estimate of drug-likeness (QED) is 0.464. The van der Waals surface area contributed by atoms with Gasteiger partial charge in [0.15, 0.2) is 4.34 Å². The molecular formula is C13H13N3O3S3. The van der Waals surface area contributed by atoms with E-state index in [1.807, 2.05) is 30.3 Å². The number of aromatic nitrogens is 2. The van der Waals surface area contributed by atoms with Crippen molar-refractivity contribution < 1.29 is 14.3 Å². The third kappa shape index (κ3) is 5.66. The van der Waals surface area contributed by atoms with Crippen molar-refractivity contribution in [2.75, 3.05) is 23.9 Å². The average molecular weight is 355 g/mol. The van der Waals surface area contributed by atoms with Crippen molar-refractivity contribution in [2.45, 2.75) is 9.24 Å². The Kier molecular flexibility index (Phi) is 6.69. The summed E-state index contributed by atoms with van der Waals surface area (Å²) in [6.45, 7) is 0. The number of nitrogens with one attached hydrogen (secondary N) is 1. The molecule has 0 aliphatic heterocycles. The highest BCUT2D eigenvalue weighted by Gasteiger charge is 2.10. The van der Waals surface area contributed by atoms with Crippen molar-refractivity contribution in [3.63, 3.8) is 0 Å². The lowest BCUT2D eigenvalue weighted by Gasteiger charge is -2.01. The summed E-state index contributed by atoms with van der Waals surface area (Å²) in [5, 5.41) is 10.9. The number of rotatable bonds is 7. The molecule has 9 heteroatoms. The van der Waals surface area contributed by atoms with Crippen LogP contribution >= 0.6 is 34.9 Å². The Morgan fingerprint density at radius 1 is 1.18 bits per heavy atom. The van der Waals surface area contributed by atoms with Gasteiger partial charge in [-0.05, 0) is 12.1 Å². The van der Waals surface area contributed by atoms with Gasteiger partial charge in [-0.3, -0.25) is 14.9 Å². The van der Waals surface area contributed by atoms with Gasteiger partial charge in [0.2, 0.25) is 11.0 Å². The first kappa shape index (κ1) is 16.8. The van der Waals surface area contributed by atoms with E-state index in [0.29, 0.717) is 15.2 Å². The monoisotopic (exact) mass is 355 g/mol. The highest BCUT2D eigenvalue weighted by Crippen LogP contribution is 2.25. The third-order valence-electron chi connectivity index (χ3n) is 2.31. The summed E-state index contributed by atoms with van der Waals surface area (Å²) in [6, 6.07) is 9.68. The molecule has 22 heavy (non-hydrogen) atoms. The number of ether oxygens (including phenoxy) is 1. The lowest BCUT2D eigenvalue weighted by molar-refractivity contribution is -0.137. The first-order chi connectivity index (χ1) is 10.7. The summed E-state index contributed by atoms with van der Waals surface area (Å²) in [4.78, 5) is 23.9. The van der Waals surface area contributed by atoms with Crippen molar-refractivity contribution in [1.82, 2.24) is 10.2 Å². The smallest absolute Gasteiger partial charge is 0.316 e. The number of nitrogens with zero attached hydrogens (tertiary/aromatic N) is 2. The van der Waals surface area contributed by atoms with Gasteiger partial charge in [0.05, 0.1) is 18.6 Å².